The van der Waals surface area contributed by atoms with Gasteiger partial charge in [0.05, 0.1) is 19.4 Å². The highest BCUT2D eigenvalue weighted by atomic mass is 16.7. The number of piperidine rings is 1. The molecule has 9 heteroatoms. The molecule has 2 aliphatic heterocycles. The van der Waals surface area contributed by atoms with E-state index in [2.05, 4.69) is 35.8 Å². The van der Waals surface area contributed by atoms with Crippen LogP contribution < -0.4 is 16.4 Å². The van der Waals surface area contributed by atoms with Crippen molar-refractivity contribution in [1.82, 2.24) is 10.6 Å². The Hall–Kier alpha value is -2.17. The van der Waals surface area contributed by atoms with Crippen LogP contribution in [0.4, 0.5) is 0 Å². The van der Waals surface area contributed by atoms with E-state index < -0.39 is 29.0 Å². The van der Waals surface area contributed by atoms with Gasteiger partial charge in [0.1, 0.15) is 0 Å². The molecule has 0 aromatic carbocycles. The number of allylic oxidation sites excluding steroid dienone is 4. The number of nitrogens with two attached hydrogens (primary N) is 1. The predicted octanol–water partition coefficient (Wildman–Crippen LogP) is 3.65. The smallest absolute Gasteiger partial charge is 0.350 e. The fourth-order valence-corrected chi connectivity index (χ4v) is 9.16. The van der Waals surface area contributed by atoms with E-state index in [-0.39, 0.29) is 49.3 Å². The third kappa shape index (κ3) is 6.04. The minimum Gasteiger partial charge on any atom is -0.463 e. The summed E-state index contributed by atoms with van der Waals surface area (Å²) in [6.07, 6.45) is 16.4. The van der Waals surface area contributed by atoms with Gasteiger partial charge in [-0.05, 0) is 101 Å². The van der Waals surface area contributed by atoms with Crippen LogP contribution in [0.5, 0.6) is 0 Å². The highest BCUT2D eigenvalue weighted by Crippen LogP contribution is 2.62. The Morgan fingerprint density at radius 2 is 1.93 bits per heavy atom. The first-order valence-electron chi connectivity index (χ1n) is 17.6. The molecule has 45 heavy (non-hydrogen) atoms. The van der Waals surface area contributed by atoms with Gasteiger partial charge in [0, 0.05) is 30.2 Å². The molecule has 0 amide bonds. The summed E-state index contributed by atoms with van der Waals surface area (Å²) in [5.41, 5.74) is 5.62. The third-order valence-corrected chi connectivity index (χ3v) is 11.9. The summed E-state index contributed by atoms with van der Waals surface area (Å²) in [5, 5.41) is 17.3. The highest BCUT2D eigenvalue weighted by Gasteiger charge is 2.87. The average Bonchev–Trinajstić information content (AvgIpc) is 3.75. The monoisotopic (exact) mass is 623 g/mol. The van der Waals surface area contributed by atoms with Gasteiger partial charge in [-0.3, -0.25) is 9.59 Å². The van der Waals surface area contributed by atoms with Gasteiger partial charge >= 0.3 is 5.97 Å². The number of ketones is 2. The summed E-state index contributed by atoms with van der Waals surface area (Å²) < 4.78 is 12.3. The van der Waals surface area contributed by atoms with Crippen LogP contribution in [-0.2, 0) is 23.9 Å². The van der Waals surface area contributed by atoms with Gasteiger partial charge in [0.2, 0.25) is 0 Å². The number of hydrogen-bond acceptors (Lipinski definition) is 9. The number of carbonyl (C=O) groups excluding carboxylic acids is 3. The molecule has 6 aliphatic rings. The molecular weight excluding hydrogens is 570 g/mol. The van der Waals surface area contributed by atoms with Crippen LogP contribution in [-0.4, -0.2) is 72.4 Å². The second-order valence-electron chi connectivity index (χ2n) is 14.6. The van der Waals surface area contributed by atoms with E-state index in [0.717, 1.165) is 76.5 Å². The molecule has 0 spiro atoms. The Kier molecular flexibility index (Phi) is 9.84. The average molecular weight is 624 g/mol. The van der Waals surface area contributed by atoms with Gasteiger partial charge < -0.3 is 30.9 Å². The number of likely N-dealkylation sites (N-methyl/N-ethyl adjacent to an activating group) is 1. The first-order valence-corrected chi connectivity index (χ1v) is 17.6. The van der Waals surface area contributed by atoms with Crippen molar-refractivity contribution in [2.24, 2.45) is 35.3 Å². The number of aliphatic hydroxyl groups is 1. The molecule has 9 unspecified atom stereocenters. The van der Waals surface area contributed by atoms with E-state index in [1.54, 1.807) is 0 Å². The first kappa shape index (κ1) is 32.8. The summed E-state index contributed by atoms with van der Waals surface area (Å²) in [6, 6.07) is 0.0617. The minimum absolute atomic E-state index is 0.00394. The number of nitrogens with one attached hydrogen (secondary N) is 2. The normalized spacial score (nSPS) is 39.6. The molecule has 0 radical (unpaired) electrons. The molecule has 0 bridgehead atoms. The molecule has 4 aliphatic carbocycles. The van der Waals surface area contributed by atoms with Crippen LogP contribution in [0.2, 0.25) is 0 Å². The summed E-state index contributed by atoms with van der Waals surface area (Å²) in [4.78, 5) is 42.6. The number of fused-ring (bicyclic) bond motifs is 3. The molecule has 0 aromatic heterocycles. The number of Topliss-reactive ketones (excluding diaryl/α,β-unsaturated/α-hetero) is 2. The molecule has 6 rings (SSSR count). The maximum Gasteiger partial charge on any atom is 0.350 e. The van der Waals surface area contributed by atoms with E-state index in [1.807, 2.05) is 6.92 Å². The lowest BCUT2D eigenvalue weighted by atomic mass is 9.60. The largest absolute Gasteiger partial charge is 0.463 e. The molecule has 2 saturated carbocycles. The van der Waals surface area contributed by atoms with Crippen molar-refractivity contribution in [3.63, 3.8) is 0 Å². The number of rotatable bonds is 11. The van der Waals surface area contributed by atoms with Crippen LogP contribution in [0, 0.1) is 29.6 Å². The second-order valence-corrected chi connectivity index (χ2v) is 14.6. The quantitative estimate of drug-likeness (QED) is 0.117. The van der Waals surface area contributed by atoms with E-state index in [4.69, 9.17) is 15.2 Å². The Bertz CT molecular complexity index is 1260. The molecular formula is C36H53N3O6. The van der Waals surface area contributed by atoms with E-state index in [0.29, 0.717) is 30.3 Å². The topological polar surface area (TPSA) is 143 Å². The maximum absolute atomic E-state index is 14.3. The number of hydrogen-bond donors (Lipinski definition) is 4. The number of esters is 1. The van der Waals surface area contributed by atoms with Crippen molar-refractivity contribution < 1.29 is 29.0 Å². The number of aliphatic hydroxyl groups excluding tert-OH is 1. The lowest BCUT2D eigenvalue weighted by molar-refractivity contribution is -0.160. The highest BCUT2D eigenvalue weighted by molar-refractivity contribution is 6.23. The molecule has 4 fully saturated rings. The summed E-state index contributed by atoms with van der Waals surface area (Å²) in [6.45, 7) is 5.65. The first-order chi connectivity index (χ1) is 21.7. The van der Waals surface area contributed by atoms with Crippen LogP contribution in [0.25, 0.3) is 0 Å². The molecule has 9 atom stereocenters. The summed E-state index contributed by atoms with van der Waals surface area (Å²) in [7, 11) is 0. The maximum atomic E-state index is 14.3. The third-order valence-electron chi connectivity index (χ3n) is 11.9. The fourth-order valence-electron chi connectivity index (χ4n) is 9.16. The van der Waals surface area contributed by atoms with Crippen molar-refractivity contribution in [1.29, 1.82) is 0 Å². The summed E-state index contributed by atoms with van der Waals surface area (Å²) >= 11 is 0. The van der Waals surface area contributed by atoms with Gasteiger partial charge in [0.25, 0.3) is 5.60 Å². The van der Waals surface area contributed by atoms with Crippen molar-refractivity contribution in [2.45, 2.75) is 114 Å². The van der Waals surface area contributed by atoms with Crippen molar-refractivity contribution in [3.8, 4) is 0 Å². The fraction of sp³-hybridized carbons (Fsp3) is 0.750. The van der Waals surface area contributed by atoms with Crippen LogP contribution in [0.3, 0.4) is 0 Å². The Morgan fingerprint density at radius 1 is 1.16 bits per heavy atom. The van der Waals surface area contributed by atoms with E-state index in [1.165, 1.54) is 5.57 Å². The standard InChI is InChI=1S/C36H53N3O6/c1-3-38-30-18-25-9-5-4-8-24(25)17-26(30)21-44-34(43)36-33(42)29-11-7-6-10-28(29)32(41)35(36,45-36)19-27(20-40)22(2)12-13-23-14-15-39-31(37)16-23/h5,9,18,23-24,26,28-31,38-40H,3-4,6-8,10-17,19-21,37H2,1-2H3. The molecule has 2 saturated heterocycles. The lowest BCUT2D eigenvalue weighted by Gasteiger charge is -2.38. The molecule has 248 valence electrons. The zero-order chi connectivity index (χ0) is 31.8. The predicted molar refractivity (Wildman–Crippen MR) is 171 cm³/mol. The van der Waals surface area contributed by atoms with Crippen LogP contribution in [0.15, 0.2) is 34.9 Å². The Balaban J connectivity index is 1.22. The van der Waals surface area contributed by atoms with E-state index >= 15 is 0 Å². The number of epoxide rings is 1. The summed E-state index contributed by atoms with van der Waals surface area (Å²) in [5.74, 6) is -1.13. The van der Waals surface area contributed by atoms with Gasteiger partial charge in [-0.2, -0.15) is 0 Å². The van der Waals surface area contributed by atoms with Crippen molar-refractivity contribution in [2.75, 3.05) is 26.3 Å². The Labute approximate surface area is 267 Å². The van der Waals surface area contributed by atoms with Crippen LogP contribution in [0.1, 0.15) is 90.9 Å². The molecule has 0 aromatic rings. The van der Waals surface area contributed by atoms with Gasteiger partial charge in [-0.25, -0.2) is 4.79 Å². The van der Waals surface area contributed by atoms with Gasteiger partial charge in [-0.1, -0.05) is 43.6 Å². The van der Waals surface area contributed by atoms with Crippen molar-refractivity contribution in [3.05, 3.63) is 34.9 Å². The minimum atomic E-state index is -1.91. The second kappa shape index (κ2) is 13.5. The SMILES string of the molecule is CCNC1C=C2C=CCCC2CC1COC(=O)C12OC1(CC(CO)=C(C)CCC1CCNC(N)C1)C(=O)C1CCCCC1C2=O. The Morgan fingerprint density at radius 3 is 2.67 bits per heavy atom. The van der Waals surface area contributed by atoms with Gasteiger partial charge in [0.15, 0.2) is 17.2 Å². The number of carbonyl (C=O) groups is 3. The zero-order valence-electron chi connectivity index (χ0n) is 27.2. The zero-order valence-corrected chi connectivity index (χ0v) is 27.2. The lowest BCUT2D eigenvalue weighted by Crippen LogP contribution is -2.58. The molecule has 5 N–H and O–H groups in total. The van der Waals surface area contributed by atoms with Gasteiger partial charge in [-0.15, -0.1) is 0 Å². The molecule has 2 heterocycles. The molecule has 9 nitrogen and oxygen atoms in total. The van der Waals surface area contributed by atoms with Crippen LogP contribution >= 0.6 is 0 Å². The number of ether oxygens (including phenoxy) is 2. The van der Waals surface area contributed by atoms with Crippen molar-refractivity contribution >= 4 is 17.5 Å². The van der Waals surface area contributed by atoms with E-state index in [9.17, 15) is 19.5 Å².